The van der Waals surface area contributed by atoms with Crippen LogP contribution in [-0.4, -0.2) is 39.5 Å². The second-order valence-electron chi connectivity index (χ2n) is 2.63. The molecule has 9 heteroatoms. The zero-order valence-corrected chi connectivity index (χ0v) is 9.87. The summed E-state index contributed by atoms with van der Waals surface area (Å²) in [7, 11) is 0. The predicted molar refractivity (Wildman–Crippen MR) is 58.5 cm³/mol. The van der Waals surface area contributed by atoms with E-state index >= 15 is 0 Å². The van der Waals surface area contributed by atoms with Gasteiger partial charge >= 0.3 is 6.09 Å². The van der Waals surface area contributed by atoms with Crippen molar-refractivity contribution in [3.63, 3.8) is 0 Å². The van der Waals surface area contributed by atoms with Gasteiger partial charge in [0.2, 0.25) is 3.79 Å². The van der Waals surface area contributed by atoms with Gasteiger partial charge in [0.15, 0.2) is 0 Å². The Labute approximate surface area is 101 Å². The molecule has 0 saturated heterocycles. The second-order valence-corrected chi connectivity index (χ2v) is 5.14. The molecule has 0 fully saturated rings. The molecule has 0 heterocycles. The predicted octanol–water partition coefficient (Wildman–Crippen LogP) is 3.04. The summed E-state index contributed by atoms with van der Waals surface area (Å²) >= 11 is 16.4. The molecule has 0 radical (unpaired) electrons. The lowest BCUT2D eigenvalue weighted by molar-refractivity contribution is 0.146. The first-order chi connectivity index (χ1) is 6.87. The Hall–Kier alpha value is -0.550. The molecule has 0 aliphatic carbocycles. The Kier molecular flexibility index (Phi) is 6.60. The first kappa shape index (κ1) is 14.5. The zero-order valence-electron chi connectivity index (χ0n) is 7.61. The average molecular weight is 276 g/mol. The van der Waals surface area contributed by atoms with Crippen LogP contribution in [0, 0.1) is 0 Å². The molecule has 0 aromatic carbocycles. The van der Waals surface area contributed by atoms with E-state index in [2.05, 4.69) is 10.0 Å². The molecule has 0 aromatic rings. The largest absolute Gasteiger partial charge is 0.465 e. The van der Waals surface area contributed by atoms with Crippen LogP contribution in [0.1, 0.15) is 6.42 Å². The van der Waals surface area contributed by atoms with Gasteiger partial charge in [-0.15, -0.1) is 0 Å². The number of halogens is 3. The van der Waals surface area contributed by atoms with Crippen LogP contribution in [0.5, 0.6) is 0 Å². The van der Waals surface area contributed by atoms with Crippen LogP contribution < -0.4 is 0 Å². The number of hydrogen-bond acceptors (Lipinski definition) is 2. The van der Waals surface area contributed by atoms with Crippen LogP contribution in [0.4, 0.5) is 4.79 Å². The van der Waals surface area contributed by atoms with Crippen LogP contribution in [0.15, 0.2) is 5.11 Å². The molecule has 1 amide bonds. The van der Waals surface area contributed by atoms with Crippen molar-refractivity contribution in [3.05, 3.63) is 10.4 Å². The lowest BCUT2D eigenvalue weighted by atomic mass is 10.4. The molecule has 0 spiro atoms. The molecular weight excluding hydrogens is 266 g/mol. The van der Waals surface area contributed by atoms with Crippen molar-refractivity contribution in [2.24, 2.45) is 5.11 Å². The fourth-order valence-corrected chi connectivity index (χ4v) is 1.27. The van der Waals surface area contributed by atoms with Gasteiger partial charge in [-0.2, -0.15) is 0 Å². The number of nitrogens with zero attached hydrogens (tertiary/aromatic N) is 4. The molecule has 86 valence electrons. The summed E-state index contributed by atoms with van der Waals surface area (Å²) in [6, 6.07) is 0. The van der Waals surface area contributed by atoms with Crippen molar-refractivity contribution in [3.8, 4) is 0 Å². The normalized spacial score (nSPS) is 10.6. The number of rotatable bonds is 5. The quantitative estimate of drug-likeness (QED) is 0.275. The number of alkyl halides is 3. The van der Waals surface area contributed by atoms with Gasteiger partial charge in [-0.25, -0.2) is 4.79 Å². The van der Waals surface area contributed by atoms with Gasteiger partial charge in [-0.3, -0.25) is 0 Å². The third kappa shape index (κ3) is 8.44. The van der Waals surface area contributed by atoms with Crippen LogP contribution in [-0.2, 0) is 0 Å². The molecule has 0 saturated carbocycles. The van der Waals surface area contributed by atoms with Crippen molar-refractivity contribution in [1.29, 1.82) is 0 Å². The highest BCUT2D eigenvalue weighted by Gasteiger charge is 2.26. The number of hydrogen-bond donors (Lipinski definition) is 1. The van der Waals surface area contributed by atoms with Crippen molar-refractivity contribution >= 4 is 40.9 Å². The van der Waals surface area contributed by atoms with Gasteiger partial charge in [-0.1, -0.05) is 39.9 Å². The zero-order chi connectivity index (χ0) is 11.9. The van der Waals surface area contributed by atoms with Crippen molar-refractivity contribution < 1.29 is 9.90 Å². The summed E-state index contributed by atoms with van der Waals surface area (Å²) in [6.45, 7) is 0.145. The molecule has 0 aliphatic rings. The van der Waals surface area contributed by atoms with Gasteiger partial charge < -0.3 is 10.0 Å². The summed E-state index contributed by atoms with van der Waals surface area (Å²) in [6.07, 6.45) is -0.792. The maximum absolute atomic E-state index is 10.7. The minimum absolute atomic E-state index is 0.155. The number of amides is 1. The first-order valence-electron chi connectivity index (χ1n) is 3.92. The Morgan fingerprint density at radius 1 is 1.53 bits per heavy atom. The van der Waals surface area contributed by atoms with E-state index in [1.54, 1.807) is 0 Å². The van der Waals surface area contributed by atoms with Gasteiger partial charge in [0.1, 0.15) is 0 Å². The maximum atomic E-state index is 10.7. The standard InChI is InChI=1S/C6H9Cl3N4O2/c7-6(8,9)4-13(5(14)15)3-1-2-11-12-10/h1-4H2,(H,14,15). The van der Waals surface area contributed by atoms with E-state index in [1.165, 1.54) is 0 Å². The van der Waals surface area contributed by atoms with Crippen molar-refractivity contribution in [1.82, 2.24) is 4.90 Å². The molecule has 0 unspecified atom stereocenters. The Bertz CT molecular complexity index is 262. The van der Waals surface area contributed by atoms with E-state index in [-0.39, 0.29) is 19.6 Å². The fourth-order valence-electron chi connectivity index (χ4n) is 0.836. The Morgan fingerprint density at radius 2 is 2.13 bits per heavy atom. The van der Waals surface area contributed by atoms with Crippen LogP contribution >= 0.6 is 34.8 Å². The number of carbonyl (C=O) groups is 1. The van der Waals surface area contributed by atoms with Crippen LogP contribution in [0.2, 0.25) is 0 Å². The molecule has 0 rings (SSSR count). The fraction of sp³-hybridized carbons (Fsp3) is 0.833. The lowest BCUT2D eigenvalue weighted by Gasteiger charge is -2.22. The summed E-state index contributed by atoms with van der Waals surface area (Å²) in [5.74, 6) is 0. The summed E-state index contributed by atoms with van der Waals surface area (Å²) in [5, 5.41) is 12.0. The minimum atomic E-state index is -1.64. The van der Waals surface area contributed by atoms with E-state index in [4.69, 9.17) is 45.4 Å². The van der Waals surface area contributed by atoms with E-state index in [1.807, 2.05) is 0 Å². The highest BCUT2D eigenvalue weighted by atomic mass is 35.6. The highest BCUT2D eigenvalue weighted by molar-refractivity contribution is 6.67. The monoisotopic (exact) mass is 274 g/mol. The number of carboxylic acid groups (broad SMARTS) is 1. The van der Waals surface area contributed by atoms with E-state index < -0.39 is 9.89 Å². The molecule has 6 nitrogen and oxygen atoms in total. The van der Waals surface area contributed by atoms with Crippen LogP contribution in [0.25, 0.3) is 10.4 Å². The van der Waals surface area contributed by atoms with Crippen LogP contribution in [0.3, 0.4) is 0 Å². The summed E-state index contributed by atoms with van der Waals surface area (Å²) < 4.78 is -1.64. The SMILES string of the molecule is [N-]=[N+]=NCCCN(CC(Cl)(Cl)Cl)C(=O)O. The molecule has 0 aliphatic heterocycles. The van der Waals surface area contributed by atoms with Gasteiger partial charge in [0, 0.05) is 18.0 Å². The maximum Gasteiger partial charge on any atom is 0.407 e. The first-order valence-corrected chi connectivity index (χ1v) is 5.05. The third-order valence-electron chi connectivity index (χ3n) is 1.39. The highest BCUT2D eigenvalue weighted by Crippen LogP contribution is 2.27. The summed E-state index contributed by atoms with van der Waals surface area (Å²) in [5.41, 5.74) is 7.99. The Balaban J connectivity index is 4.06. The molecule has 15 heavy (non-hydrogen) atoms. The Morgan fingerprint density at radius 3 is 2.53 bits per heavy atom. The molecule has 1 N–H and O–H groups in total. The average Bonchev–Trinajstić information content (AvgIpc) is 2.08. The lowest BCUT2D eigenvalue weighted by Crippen LogP contribution is -2.37. The van der Waals surface area contributed by atoms with E-state index in [0.717, 1.165) is 4.90 Å². The number of azide groups is 1. The van der Waals surface area contributed by atoms with Gasteiger partial charge in [0.05, 0.1) is 6.54 Å². The van der Waals surface area contributed by atoms with E-state index in [0.29, 0.717) is 6.42 Å². The third-order valence-corrected chi connectivity index (χ3v) is 1.75. The smallest absolute Gasteiger partial charge is 0.407 e. The van der Waals surface area contributed by atoms with E-state index in [9.17, 15) is 4.79 Å². The van der Waals surface area contributed by atoms with Crippen molar-refractivity contribution in [2.75, 3.05) is 19.6 Å². The minimum Gasteiger partial charge on any atom is -0.465 e. The molecular formula is C6H9Cl3N4O2. The molecule has 0 aromatic heterocycles. The summed E-state index contributed by atoms with van der Waals surface area (Å²) in [4.78, 5) is 14.2. The topological polar surface area (TPSA) is 89.3 Å². The molecule has 0 bridgehead atoms. The second kappa shape index (κ2) is 6.85. The van der Waals surface area contributed by atoms with Gasteiger partial charge in [-0.05, 0) is 12.0 Å². The van der Waals surface area contributed by atoms with Crippen molar-refractivity contribution in [2.45, 2.75) is 10.2 Å². The molecule has 0 atom stereocenters. The van der Waals surface area contributed by atoms with Gasteiger partial charge in [0.25, 0.3) is 0 Å².